The van der Waals surface area contributed by atoms with Crippen molar-refractivity contribution in [3.05, 3.63) is 22.9 Å². The molecule has 0 aliphatic heterocycles. The summed E-state index contributed by atoms with van der Waals surface area (Å²) in [5.74, 6) is -0.688. The Labute approximate surface area is 126 Å². The predicted molar refractivity (Wildman–Crippen MR) is 77.8 cm³/mol. The molecule has 0 spiro atoms. The molecule has 0 aliphatic carbocycles. The normalized spacial score (nSPS) is 13.1. The molecule has 0 aliphatic rings. The van der Waals surface area contributed by atoms with E-state index in [-0.39, 0.29) is 23.8 Å². The Morgan fingerprint density at radius 3 is 2.75 bits per heavy atom. The molecule has 1 aromatic rings. The first-order valence-electron chi connectivity index (χ1n) is 6.13. The van der Waals surface area contributed by atoms with Crippen LogP contribution in [0.25, 0.3) is 0 Å². The molecule has 1 unspecified atom stereocenters. The van der Waals surface area contributed by atoms with E-state index in [1.807, 2.05) is 6.92 Å². The first kappa shape index (κ1) is 17.1. The van der Waals surface area contributed by atoms with E-state index in [0.29, 0.717) is 17.3 Å². The number of carboxylic acids is 1. The number of sulfonamides is 1. The van der Waals surface area contributed by atoms with Crippen molar-refractivity contribution in [3.8, 4) is 0 Å². The summed E-state index contributed by atoms with van der Waals surface area (Å²) < 4.78 is 27.0. The van der Waals surface area contributed by atoms with Gasteiger partial charge in [-0.2, -0.15) is 0 Å². The van der Waals surface area contributed by atoms with Crippen LogP contribution in [0.15, 0.2) is 27.8 Å². The van der Waals surface area contributed by atoms with Gasteiger partial charge in [0, 0.05) is 29.8 Å². The van der Waals surface area contributed by atoms with E-state index in [2.05, 4.69) is 25.6 Å². The van der Waals surface area contributed by atoms with Crippen molar-refractivity contribution in [2.24, 2.45) is 5.92 Å². The summed E-state index contributed by atoms with van der Waals surface area (Å²) in [7, 11) is -3.57. The number of pyridine rings is 1. The van der Waals surface area contributed by atoms with E-state index < -0.39 is 16.0 Å². The van der Waals surface area contributed by atoms with Gasteiger partial charge in [0.2, 0.25) is 10.0 Å². The molecule has 0 bridgehead atoms. The minimum atomic E-state index is -3.57. The van der Waals surface area contributed by atoms with Gasteiger partial charge in [0.1, 0.15) is 4.90 Å². The number of aromatic nitrogens is 1. The fraction of sp³-hybridized carbons (Fsp3) is 0.500. The van der Waals surface area contributed by atoms with Crippen LogP contribution >= 0.6 is 15.9 Å². The first-order chi connectivity index (χ1) is 9.31. The van der Waals surface area contributed by atoms with Gasteiger partial charge in [0.05, 0.1) is 0 Å². The summed E-state index contributed by atoms with van der Waals surface area (Å²) in [5, 5.41) is 8.57. The lowest BCUT2D eigenvalue weighted by atomic mass is 10.0. The van der Waals surface area contributed by atoms with Gasteiger partial charge in [-0.25, -0.2) is 13.1 Å². The van der Waals surface area contributed by atoms with Crippen molar-refractivity contribution in [2.75, 3.05) is 6.54 Å². The Balaban J connectivity index is 2.46. The van der Waals surface area contributed by atoms with Crippen molar-refractivity contribution < 1.29 is 18.3 Å². The van der Waals surface area contributed by atoms with Gasteiger partial charge in [-0.05, 0) is 40.8 Å². The molecule has 6 nitrogen and oxygen atoms in total. The minimum Gasteiger partial charge on any atom is -0.481 e. The lowest BCUT2D eigenvalue weighted by molar-refractivity contribution is -0.137. The average molecular weight is 365 g/mol. The Hall–Kier alpha value is -0.990. The molecule has 0 fully saturated rings. The highest BCUT2D eigenvalue weighted by molar-refractivity contribution is 9.10. The lowest BCUT2D eigenvalue weighted by Gasteiger charge is -2.11. The first-order valence-corrected chi connectivity index (χ1v) is 8.41. The largest absolute Gasteiger partial charge is 0.481 e. The van der Waals surface area contributed by atoms with Gasteiger partial charge in [-0.1, -0.05) is 6.92 Å². The number of carboxylic acid groups (broad SMARTS) is 1. The highest BCUT2D eigenvalue weighted by atomic mass is 79.9. The molecule has 1 atom stereocenters. The second-order valence-corrected chi connectivity index (χ2v) is 7.25. The maximum atomic E-state index is 12.0. The maximum Gasteiger partial charge on any atom is 0.303 e. The van der Waals surface area contributed by atoms with Crippen molar-refractivity contribution in [1.29, 1.82) is 0 Å². The number of hydrogen-bond acceptors (Lipinski definition) is 4. The number of nitrogens with one attached hydrogen (secondary N) is 1. The third kappa shape index (κ3) is 5.98. The molecule has 0 saturated heterocycles. The third-order valence-electron chi connectivity index (χ3n) is 2.77. The molecular weight excluding hydrogens is 348 g/mol. The molecule has 1 rings (SSSR count). The summed E-state index contributed by atoms with van der Waals surface area (Å²) in [6.45, 7) is 2.17. The van der Waals surface area contributed by atoms with E-state index in [9.17, 15) is 13.2 Å². The van der Waals surface area contributed by atoms with E-state index in [4.69, 9.17) is 5.11 Å². The molecule has 20 heavy (non-hydrogen) atoms. The maximum absolute atomic E-state index is 12.0. The Morgan fingerprint density at radius 1 is 1.45 bits per heavy atom. The number of carbonyl (C=O) groups is 1. The van der Waals surface area contributed by atoms with Gasteiger partial charge in [0.25, 0.3) is 0 Å². The summed E-state index contributed by atoms with van der Waals surface area (Å²) in [6.07, 6.45) is 4.01. The number of nitrogens with zero attached hydrogens (tertiary/aromatic N) is 1. The predicted octanol–water partition coefficient (Wildman–Crippen LogP) is 2.01. The highest BCUT2D eigenvalue weighted by Gasteiger charge is 2.15. The van der Waals surface area contributed by atoms with Gasteiger partial charge < -0.3 is 5.11 Å². The second kappa shape index (κ2) is 7.70. The summed E-state index contributed by atoms with van der Waals surface area (Å²) in [4.78, 5) is 14.3. The zero-order valence-electron chi connectivity index (χ0n) is 11.0. The number of halogens is 1. The van der Waals surface area contributed by atoms with Crippen LogP contribution in [0.1, 0.15) is 26.2 Å². The van der Waals surface area contributed by atoms with Crippen molar-refractivity contribution in [1.82, 2.24) is 9.71 Å². The molecule has 0 aromatic carbocycles. The van der Waals surface area contributed by atoms with Crippen LogP contribution < -0.4 is 4.72 Å². The van der Waals surface area contributed by atoms with Gasteiger partial charge >= 0.3 is 5.97 Å². The zero-order chi connectivity index (χ0) is 15.2. The Morgan fingerprint density at radius 2 is 2.15 bits per heavy atom. The van der Waals surface area contributed by atoms with Gasteiger partial charge in [-0.3, -0.25) is 9.78 Å². The van der Waals surface area contributed by atoms with Crippen molar-refractivity contribution in [2.45, 2.75) is 31.1 Å². The highest BCUT2D eigenvalue weighted by Crippen LogP contribution is 2.15. The van der Waals surface area contributed by atoms with Crippen LogP contribution in [-0.2, 0) is 14.8 Å². The van der Waals surface area contributed by atoms with Crippen LogP contribution in [-0.4, -0.2) is 31.0 Å². The van der Waals surface area contributed by atoms with E-state index >= 15 is 0 Å². The third-order valence-corrected chi connectivity index (χ3v) is 4.63. The minimum absolute atomic E-state index is 0.101. The monoisotopic (exact) mass is 364 g/mol. The summed E-state index contributed by atoms with van der Waals surface area (Å²) in [6, 6.07) is 1.48. The lowest BCUT2D eigenvalue weighted by Crippen LogP contribution is -2.26. The SMILES string of the molecule is CC(CCNS(=O)(=O)c1cncc(Br)c1)CCC(=O)O. The van der Waals surface area contributed by atoms with Gasteiger partial charge in [-0.15, -0.1) is 0 Å². The standard InChI is InChI=1S/C12H17BrN2O4S/c1-9(2-3-12(16)17)4-5-15-20(18,19)11-6-10(13)7-14-8-11/h6-9,15H,2-5H2,1H3,(H,16,17). The number of rotatable bonds is 8. The van der Waals surface area contributed by atoms with Crippen LogP contribution in [0.2, 0.25) is 0 Å². The molecule has 2 N–H and O–H groups in total. The average Bonchev–Trinajstić information content (AvgIpc) is 2.36. The van der Waals surface area contributed by atoms with Crippen LogP contribution in [0.3, 0.4) is 0 Å². The fourth-order valence-corrected chi connectivity index (χ4v) is 3.13. The van der Waals surface area contributed by atoms with E-state index in [0.717, 1.165) is 0 Å². The zero-order valence-corrected chi connectivity index (χ0v) is 13.4. The second-order valence-electron chi connectivity index (χ2n) is 4.56. The Kier molecular flexibility index (Phi) is 6.57. The van der Waals surface area contributed by atoms with E-state index in [1.165, 1.54) is 18.5 Å². The molecule has 0 saturated carbocycles. The molecule has 8 heteroatoms. The van der Waals surface area contributed by atoms with Gasteiger partial charge in [0.15, 0.2) is 0 Å². The van der Waals surface area contributed by atoms with Crippen LogP contribution in [0.4, 0.5) is 0 Å². The van der Waals surface area contributed by atoms with Crippen LogP contribution in [0.5, 0.6) is 0 Å². The van der Waals surface area contributed by atoms with Crippen molar-refractivity contribution in [3.63, 3.8) is 0 Å². The smallest absolute Gasteiger partial charge is 0.303 e. The fourth-order valence-electron chi connectivity index (χ4n) is 1.58. The number of hydrogen-bond donors (Lipinski definition) is 2. The summed E-state index contributed by atoms with van der Waals surface area (Å²) in [5.41, 5.74) is 0. The topological polar surface area (TPSA) is 96.4 Å². The molecule has 0 radical (unpaired) electrons. The summed E-state index contributed by atoms with van der Waals surface area (Å²) >= 11 is 3.17. The van der Waals surface area contributed by atoms with E-state index in [1.54, 1.807) is 0 Å². The molecule has 1 aromatic heterocycles. The molecule has 0 amide bonds. The van der Waals surface area contributed by atoms with Crippen LogP contribution in [0, 0.1) is 5.92 Å². The Bertz CT molecular complexity index is 562. The molecule has 1 heterocycles. The number of aliphatic carboxylic acids is 1. The molecular formula is C12H17BrN2O4S. The van der Waals surface area contributed by atoms with Crippen molar-refractivity contribution >= 4 is 31.9 Å². The quantitative estimate of drug-likeness (QED) is 0.735. The molecule has 112 valence electrons.